The third-order valence-electron chi connectivity index (χ3n) is 4.83. The van der Waals surface area contributed by atoms with E-state index >= 15 is 0 Å². The summed E-state index contributed by atoms with van der Waals surface area (Å²) in [6, 6.07) is 25.0. The Balaban J connectivity index is 1.70. The number of amides is 1. The molecule has 4 nitrogen and oxygen atoms in total. The monoisotopic (exact) mass is 408 g/mol. The molecule has 0 fully saturated rings. The lowest BCUT2D eigenvalue weighted by molar-refractivity contribution is -0.120. The molecular weight excluding hydrogens is 384 g/mol. The molecule has 150 valence electrons. The van der Waals surface area contributed by atoms with E-state index in [0.29, 0.717) is 5.02 Å². The molecule has 3 rings (SSSR count). The van der Waals surface area contributed by atoms with E-state index < -0.39 is 0 Å². The van der Waals surface area contributed by atoms with Crippen LogP contribution in [0.25, 0.3) is 0 Å². The maximum Gasteiger partial charge on any atom is 0.234 e. The Morgan fingerprint density at radius 2 is 1.55 bits per heavy atom. The van der Waals surface area contributed by atoms with Crippen molar-refractivity contribution >= 4 is 17.5 Å². The van der Waals surface area contributed by atoms with Gasteiger partial charge in [0.25, 0.3) is 0 Å². The first-order valence-electron chi connectivity index (χ1n) is 9.54. The van der Waals surface area contributed by atoms with E-state index in [1.54, 1.807) is 7.11 Å². The van der Waals surface area contributed by atoms with Crippen LogP contribution in [0.3, 0.4) is 0 Å². The number of hydrogen-bond donors (Lipinski definition) is 2. The molecule has 0 aliphatic carbocycles. The Morgan fingerprint density at radius 3 is 2.21 bits per heavy atom. The summed E-state index contributed by atoms with van der Waals surface area (Å²) in [6.07, 6.45) is 0. The van der Waals surface area contributed by atoms with Crippen LogP contribution in [0.15, 0.2) is 78.9 Å². The first-order valence-corrected chi connectivity index (χ1v) is 9.92. The number of ether oxygens (including phenoxy) is 1. The number of rotatable bonds is 8. The minimum absolute atomic E-state index is 0.0365. The van der Waals surface area contributed by atoms with Crippen molar-refractivity contribution in [3.63, 3.8) is 0 Å². The number of methoxy groups -OCH3 is 1. The third kappa shape index (κ3) is 5.59. The summed E-state index contributed by atoms with van der Waals surface area (Å²) in [6.45, 7) is 2.18. The van der Waals surface area contributed by atoms with Crippen LogP contribution in [0.4, 0.5) is 0 Å². The van der Waals surface area contributed by atoms with Gasteiger partial charge < -0.3 is 15.4 Å². The number of carbonyl (C=O) groups is 1. The van der Waals surface area contributed by atoms with Crippen molar-refractivity contribution in [2.75, 3.05) is 13.7 Å². The maximum absolute atomic E-state index is 12.7. The van der Waals surface area contributed by atoms with E-state index in [1.807, 2.05) is 85.8 Å². The molecule has 29 heavy (non-hydrogen) atoms. The fourth-order valence-electron chi connectivity index (χ4n) is 3.19. The molecule has 0 unspecified atom stereocenters. The lowest BCUT2D eigenvalue weighted by Gasteiger charge is -2.21. The molecule has 0 radical (unpaired) electrons. The summed E-state index contributed by atoms with van der Waals surface area (Å²) in [5.74, 6) is 0.690. The summed E-state index contributed by atoms with van der Waals surface area (Å²) in [5.41, 5.74) is 2.98. The summed E-state index contributed by atoms with van der Waals surface area (Å²) < 4.78 is 5.24. The van der Waals surface area contributed by atoms with Gasteiger partial charge in [0.05, 0.1) is 19.7 Å². The molecule has 2 atom stereocenters. The van der Waals surface area contributed by atoms with Crippen LogP contribution in [-0.2, 0) is 4.79 Å². The molecule has 0 heterocycles. The highest BCUT2D eigenvalue weighted by molar-refractivity contribution is 6.31. The molecule has 5 heteroatoms. The lowest BCUT2D eigenvalue weighted by atomic mass is 9.98. The highest BCUT2D eigenvalue weighted by Crippen LogP contribution is 2.24. The molecule has 0 aliphatic rings. The van der Waals surface area contributed by atoms with E-state index in [1.165, 1.54) is 0 Å². The summed E-state index contributed by atoms with van der Waals surface area (Å²) in [5, 5.41) is 7.07. The summed E-state index contributed by atoms with van der Waals surface area (Å²) >= 11 is 6.25. The van der Waals surface area contributed by atoms with Gasteiger partial charge in [-0.1, -0.05) is 72.3 Å². The first-order chi connectivity index (χ1) is 14.1. The lowest BCUT2D eigenvalue weighted by Crippen LogP contribution is -2.37. The van der Waals surface area contributed by atoms with Crippen molar-refractivity contribution in [3.8, 4) is 5.75 Å². The van der Waals surface area contributed by atoms with E-state index in [0.717, 1.165) is 22.4 Å². The summed E-state index contributed by atoms with van der Waals surface area (Å²) in [7, 11) is 1.64. The minimum Gasteiger partial charge on any atom is -0.497 e. The van der Waals surface area contributed by atoms with Gasteiger partial charge in [0, 0.05) is 11.1 Å². The fourth-order valence-corrected chi connectivity index (χ4v) is 3.49. The summed E-state index contributed by atoms with van der Waals surface area (Å²) in [4.78, 5) is 12.7. The Kier molecular flexibility index (Phi) is 7.28. The van der Waals surface area contributed by atoms with Gasteiger partial charge in [-0.3, -0.25) is 4.79 Å². The van der Waals surface area contributed by atoms with Gasteiger partial charge >= 0.3 is 0 Å². The average molecular weight is 409 g/mol. The Labute approximate surface area is 176 Å². The van der Waals surface area contributed by atoms with Crippen LogP contribution >= 0.6 is 11.6 Å². The van der Waals surface area contributed by atoms with Crippen molar-refractivity contribution in [1.29, 1.82) is 0 Å². The van der Waals surface area contributed by atoms with E-state index in [-0.39, 0.29) is 24.5 Å². The zero-order valence-electron chi connectivity index (χ0n) is 16.6. The molecule has 0 saturated carbocycles. The fraction of sp³-hybridized carbons (Fsp3) is 0.208. The van der Waals surface area contributed by atoms with Crippen LogP contribution in [0.5, 0.6) is 5.75 Å². The molecule has 0 aromatic heterocycles. The molecule has 3 aromatic rings. The highest BCUT2D eigenvalue weighted by atomic mass is 35.5. The number of benzene rings is 3. The van der Waals surface area contributed by atoms with Crippen molar-refractivity contribution in [2.24, 2.45) is 0 Å². The maximum atomic E-state index is 12.7. The van der Waals surface area contributed by atoms with Crippen LogP contribution in [0, 0.1) is 0 Å². The van der Waals surface area contributed by atoms with Crippen molar-refractivity contribution in [1.82, 2.24) is 10.6 Å². The van der Waals surface area contributed by atoms with Gasteiger partial charge in [0.1, 0.15) is 5.75 Å². The molecule has 1 amide bonds. The van der Waals surface area contributed by atoms with E-state index in [2.05, 4.69) is 10.6 Å². The zero-order chi connectivity index (χ0) is 20.6. The predicted octanol–water partition coefficient (Wildman–Crippen LogP) is 4.91. The minimum atomic E-state index is -0.243. The van der Waals surface area contributed by atoms with Crippen molar-refractivity contribution < 1.29 is 9.53 Å². The first kappa shape index (κ1) is 20.9. The molecule has 0 bridgehead atoms. The standard InChI is InChI=1S/C24H25ClN2O2/c1-17(21-10-6-7-11-22(21)25)26-16-23(28)27-24(18-8-4-3-5-9-18)19-12-14-20(29-2)15-13-19/h3-15,17,24,26H,16H2,1-2H3,(H,27,28)/t17-,24+/m1/s1. The van der Waals surface area contributed by atoms with E-state index in [4.69, 9.17) is 16.3 Å². The highest BCUT2D eigenvalue weighted by Gasteiger charge is 2.18. The number of halogens is 1. The Bertz CT molecular complexity index is 929. The van der Waals surface area contributed by atoms with Crippen LogP contribution in [0.1, 0.15) is 35.7 Å². The quantitative estimate of drug-likeness (QED) is 0.557. The number of carbonyl (C=O) groups excluding carboxylic acids is 1. The van der Waals surface area contributed by atoms with Gasteiger partial charge in [-0.25, -0.2) is 0 Å². The normalized spacial score (nSPS) is 12.8. The van der Waals surface area contributed by atoms with Gasteiger partial charge in [-0.2, -0.15) is 0 Å². The molecule has 3 aromatic carbocycles. The zero-order valence-corrected chi connectivity index (χ0v) is 17.3. The largest absolute Gasteiger partial charge is 0.497 e. The average Bonchev–Trinajstić information content (AvgIpc) is 2.77. The van der Waals surface area contributed by atoms with Gasteiger partial charge in [0.15, 0.2) is 0 Å². The third-order valence-corrected chi connectivity index (χ3v) is 5.17. The topological polar surface area (TPSA) is 50.4 Å². The van der Waals surface area contributed by atoms with Crippen LogP contribution in [-0.4, -0.2) is 19.6 Å². The van der Waals surface area contributed by atoms with Gasteiger partial charge in [-0.05, 0) is 41.8 Å². The molecule has 0 spiro atoms. The number of nitrogens with one attached hydrogen (secondary N) is 2. The Hall–Kier alpha value is -2.82. The molecule has 0 saturated heterocycles. The van der Waals surface area contributed by atoms with Gasteiger partial charge in [0.2, 0.25) is 5.91 Å². The second-order valence-corrected chi connectivity index (χ2v) is 7.22. The van der Waals surface area contributed by atoms with Gasteiger partial charge in [-0.15, -0.1) is 0 Å². The number of hydrogen-bond acceptors (Lipinski definition) is 3. The molecule has 0 aliphatic heterocycles. The molecular formula is C24H25ClN2O2. The van der Waals surface area contributed by atoms with Crippen molar-refractivity contribution in [3.05, 3.63) is 101 Å². The predicted molar refractivity (Wildman–Crippen MR) is 117 cm³/mol. The smallest absolute Gasteiger partial charge is 0.234 e. The SMILES string of the molecule is COc1ccc([C@@H](NC(=O)CN[C@H](C)c2ccccc2Cl)c2ccccc2)cc1. The second kappa shape index (κ2) is 10.1. The van der Waals surface area contributed by atoms with Crippen LogP contribution in [0.2, 0.25) is 5.02 Å². The Morgan fingerprint density at radius 1 is 0.931 bits per heavy atom. The molecule has 2 N–H and O–H groups in total. The van der Waals surface area contributed by atoms with Crippen LogP contribution < -0.4 is 15.4 Å². The van der Waals surface area contributed by atoms with E-state index in [9.17, 15) is 4.79 Å². The van der Waals surface area contributed by atoms with Crippen molar-refractivity contribution in [2.45, 2.75) is 19.0 Å². The second-order valence-electron chi connectivity index (χ2n) is 6.81.